The van der Waals surface area contributed by atoms with Crippen LogP contribution in [0.15, 0.2) is 27.4 Å². The fourth-order valence-corrected chi connectivity index (χ4v) is 1.55. The number of nitrogens with one attached hydrogen (secondary N) is 1. The Kier molecular flexibility index (Phi) is 2.95. The minimum absolute atomic E-state index is 0.0888. The van der Waals surface area contributed by atoms with E-state index in [1.54, 1.807) is 6.08 Å². The first-order chi connectivity index (χ1) is 7.61. The largest absolute Gasteiger partial charge is 0.392 e. The number of hydrogen-bond donors (Lipinski definition) is 2. The van der Waals surface area contributed by atoms with E-state index in [-0.39, 0.29) is 18.2 Å². The Morgan fingerprint density at radius 2 is 2.38 bits per heavy atom. The molecule has 0 saturated carbocycles. The lowest BCUT2D eigenvalue weighted by Crippen LogP contribution is -2.31. The molecule has 0 bridgehead atoms. The number of aliphatic hydroxyl groups excluding tert-OH is 1. The fourth-order valence-electron chi connectivity index (χ4n) is 1.40. The number of halogens is 1. The maximum Gasteiger partial charge on any atom is 0.330 e. The summed E-state index contributed by atoms with van der Waals surface area (Å²) in [5.74, 6) is 0. The lowest BCUT2D eigenvalue weighted by molar-refractivity contribution is 0.0681. The number of rotatable bonds is 2. The van der Waals surface area contributed by atoms with Gasteiger partial charge in [0.25, 0.3) is 5.56 Å². The van der Waals surface area contributed by atoms with Crippen LogP contribution >= 0.6 is 11.6 Å². The van der Waals surface area contributed by atoms with Crippen molar-refractivity contribution in [2.24, 2.45) is 0 Å². The van der Waals surface area contributed by atoms with Gasteiger partial charge in [0.1, 0.15) is 5.02 Å². The van der Waals surface area contributed by atoms with Gasteiger partial charge in [0.05, 0.1) is 13.2 Å². The summed E-state index contributed by atoms with van der Waals surface area (Å²) in [6, 6.07) is 0. The Hall–Kier alpha value is -1.37. The number of aromatic nitrogens is 2. The number of ether oxygens (including phenoxy) is 1. The molecule has 0 radical (unpaired) electrons. The third kappa shape index (κ3) is 1.95. The van der Waals surface area contributed by atoms with Gasteiger partial charge in [-0.05, 0) is 11.6 Å². The molecule has 7 heteroatoms. The van der Waals surface area contributed by atoms with E-state index in [9.17, 15) is 9.59 Å². The minimum atomic E-state index is -0.635. The van der Waals surface area contributed by atoms with E-state index >= 15 is 0 Å². The Balaban J connectivity index is 2.43. The number of nitrogens with zero attached hydrogens (tertiary/aromatic N) is 1. The summed E-state index contributed by atoms with van der Waals surface area (Å²) >= 11 is 5.61. The molecular weight excluding hydrogens is 236 g/mol. The van der Waals surface area contributed by atoms with Crippen LogP contribution in [0.5, 0.6) is 0 Å². The van der Waals surface area contributed by atoms with E-state index in [2.05, 4.69) is 4.98 Å². The van der Waals surface area contributed by atoms with Crippen LogP contribution in [0.25, 0.3) is 0 Å². The van der Waals surface area contributed by atoms with Crippen molar-refractivity contribution in [3.63, 3.8) is 0 Å². The SMILES string of the molecule is O=c1[nH]c(=O)n([C@H]2C=C(CO)CO2)cc1Cl. The molecule has 6 nitrogen and oxygen atoms in total. The molecule has 0 fully saturated rings. The summed E-state index contributed by atoms with van der Waals surface area (Å²) in [7, 11) is 0. The van der Waals surface area contributed by atoms with Crippen LogP contribution in [-0.4, -0.2) is 27.9 Å². The van der Waals surface area contributed by atoms with Gasteiger partial charge >= 0.3 is 5.69 Å². The molecule has 2 N–H and O–H groups in total. The maximum atomic E-state index is 11.5. The van der Waals surface area contributed by atoms with Crippen LogP contribution in [0.3, 0.4) is 0 Å². The van der Waals surface area contributed by atoms with E-state index in [4.69, 9.17) is 21.4 Å². The van der Waals surface area contributed by atoms with Crippen LogP contribution in [0.4, 0.5) is 0 Å². The summed E-state index contributed by atoms with van der Waals surface area (Å²) < 4.78 is 6.41. The Labute approximate surface area is 94.7 Å². The van der Waals surface area contributed by atoms with Gasteiger partial charge in [0.15, 0.2) is 6.23 Å². The summed E-state index contributed by atoms with van der Waals surface area (Å²) in [6.45, 7) is 0.132. The minimum Gasteiger partial charge on any atom is -0.392 e. The molecule has 0 saturated heterocycles. The quantitative estimate of drug-likeness (QED) is 0.696. The molecule has 1 aromatic heterocycles. The Morgan fingerprint density at radius 1 is 1.62 bits per heavy atom. The first-order valence-electron chi connectivity index (χ1n) is 4.55. The average Bonchev–Trinajstić information content (AvgIpc) is 2.71. The van der Waals surface area contributed by atoms with Crippen LogP contribution in [0, 0.1) is 0 Å². The van der Waals surface area contributed by atoms with E-state index in [0.29, 0.717) is 5.57 Å². The van der Waals surface area contributed by atoms with Crippen LogP contribution in [0.1, 0.15) is 6.23 Å². The van der Waals surface area contributed by atoms with E-state index < -0.39 is 17.5 Å². The summed E-state index contributed by atoms with van der Waals surface area (Å²) in [4.78, 5) is 24.5. The molecule has 16 heavy (non-hydrogen) atoms. The van der Waals surface area contributed by atoms with Gasteiger partial charge in [0, 0.05) is 6.20 Å². The van der Waals surface area contributed by atoms with Crippen molar-refractivity contribution in [1.29, 1.82) is 0 Å². The number of H-pyrrole nitrogens is 1. The molecule has 1 aromatic rings. The van der Waals surface area contributed by atoms with Gasteiger partial charge in [-0.15, -0.1) is 0 Å². The highest BCUT2D eigenvalue weighted by atomic mass is 35.5. The van der Waals surface area contributed by atoms with Gasteiger partial charge < -0.3 is 9.84 Å². The number of aliphatic hydroxyl groups is 1. The van der Waals surface area contributed by atoms with E-state index in [1.165, 1.54) is 6.20 Å². The van der Waals surface area contributed by atoms with Gasteiger partial charge in [-0.1, -0.05) is 11.6 Å². The van der Waals surface area contributed by atoms with E-state index in [1.807, 2.05) is 0 Å². The maximum absolute atomic E-state index is 11.5. The van der Waals surface area contributed by atoms with Crippen molar-refractivity contribution in [2.45, 2.75) is 6.23 Å². The summed E-state index contributed by atoms with van der Waals surface area (Å²) in [5, 5.41) is 8.79. The highest BCUT2D eigenvalue weighted by molar-refractivity contribution is 6.30. The molecule has 0 unspecified atom stereocenters. The topological polar surface area (TPSA) is 84.3 Å². The van der Waals surface area contributed by atoms with Crippen molar-refractivity contribution in [1.82, 2.24) is 9.55 Å². The molecule has 2 rings (SSSR count). The molecule has 1 atom stereocenters. The molecule has 1 aliphatic heterocycles. The molecule has 1 aliphatic rings. The van der Waals surface area contributed by atoms with Crippen molar-refractivity contribution in [3.8, 4) is 0 Å². The second-order valence-corrected chi connectivity index (χ2v) is 3.74. The fraction of sp³-hybridized carbons (Fsp3) is 0.333. The predicted molar refractivity (Wildman–Crippen MR) is 56.5 cm³/mol. The number of aromatic amines is 1. The summed E-state index contributed by atoms with van der Waals surface area (Å²) in [5.41, 5.74) is -0.554. The lowest BCUT2D eigenvalue weighted by atomic mass is 10.3. The first kappa shape index (κ1) is 11.1. The van der Waals surface area contributed by atoms with Gasteiger partial charge in [-0.25, -0.2) is 4.79 Å². The van der Waals surface area contributed by atoms with Gasteiger partial charge in [0.2, 0.25) is 0 Å². The van der Waals surface area contributed by atoms with Gasteiger partial charge in [-0.2, -0.15) is 0 Å². The zero-order chi connectivity index (χ0) is 11.7. The molecule has 0 aliphatic carbocycles. The first-order valence-corrected chi connectivity index (χ1v) is 4.92. The number of hydrogen-bond acceptors (Lipinski definition) is 4. The normalized spacial score (nSPS) is 19.9. The van der Waals surface area contributed by atoms with Crippen LogP contribution < -0.4 is 11.2 Å². The Morgan fingerprint density at radius 3 is 3.00 bits per heavy atom. The molecule has 86 valence electrons. The second-order valence-electron chi connectivity index (χ2n) is 3.33. The standard InChI is InChI=1S/C9H9ClN2O4/c10-6-2-12(9(15)11-8(6)14)7-1-5(3-13)4-16-7/h1-2,7,13H,3-4H2,(H,11,14,15)/t7-/m1/s1. The lowest BCUT2D eigenvalue weighted by Gasteiger charge is -2.10. The second kappa shape index (κ2) is 4.25. The molecule has 0 spiro atoms. The van der Waals surface area contributed by atoms with Gasteiger partial charge in [-0.3, -0.25) is 14.3 Å². The summed E-state index contributed by atoms with van der Waals surface area (Å²) in [6.07, 6.45) is 2.18. The average molecular weight is 245 g/mol. The van der Waals surface area contributed by atoms with Crippen LogP contribution in [0.2, 0.25) is 5.02 Å². The predicted octanol–water partition coefficient (Wildman–Crippen LogP) is -0.362. The zero-order valence-corrected chi connectivity index (χ0v) is 8.90. The highest BCUT2D eigenvalue weighted by Gasteiger charge is 2.19. The third-order valence-electron chi connectivity index (χ3n) is 2.22. The molecular formula is C9H9ClN2O4. The van der Waals surface area contributed by atoms with Crippen molar-refractivity contribution < 1.29 is 9.84 Å². The zero-order valence-electron chi connectivity index (χ0n) is 8.14. The highest BCUT2D eigenvalue weighted by Crippen LogP contribution is 2.19. The van der Waals surface area contributed by atoms with E-state index in [0.717, 1.165) is 4.57 Å². The smallest absolute Gasteiger partial charge is 0.330 e. The van der Waals surface area contributed by atoms with Crippen molar-refractivity contribution in [3.05, 3.63) is 43.7 Å². The van der Waals surface area contributed by atoms with Crippen molar-refractivity contribution in [2.75, 3.05) is 13.2 Å². The molecule has 0 amide bonds. The molecule has 0 aromatic carbocycles. The van der Waals surface area contributed by atoms with Crippen molar-refractivity contribution >= 4 is 11.6 Å². The Bertz CT molecular complexity index is 545. The van der Waals surface area contributed by atoms with Crippen LogP contribution in [-0.2, 0) is 4.74 Å². The third-order valence-corrected chi connectivity index (χ3v) is 2.49. The molecule has 2 heterocycles. The monoisotopic (exact) mass is 244 g/mol.